The Kier molecular flexibility index (Phi) is 8.36. The molecule has 41 heavy (non-hydrogen) atoms. The van der Waals surface area contributed by atoms with Crippen LogP contribution in [-0.2, 0) is 0 Å². The molecule has 4 rings (SSSR count). The van der Waals surface area contributed by atoms with Crippen molar-refractivity contribution in [3.8, 4) is 11.5 Å². The summed E-state index contributed by atoms with van der Waals surface area (Å²) in [6.45, 7) is 0. The second-order valence-corrected chi connectivity index (χ2v) is 9.45. The van der Waals surface area contributed by atoms with Crippen LogP contribution < -0.4 is 61.1 Å². The van der Waals surface area contributed by atoms with E-state index in [1.165, 1.54) is 0 Å². The molecule has 1 aliphatic rings. The van der Waals surface area contributed by atoms with Gasteiger partial charge in [-0.3, -0.25) is 0 Å². The predicted octanol–water partition coefficient (Wildman–Crippen LogP) is -0.495. The van der Waals surface area contributed by atoms with Gasteiger partial charge in [0, 0.05) is 17.2 Å². The number of nitrogens with two attached hydrogens (primary N) is 9. The summed E-state index contributed by atoms with van der Waals surface area (Å²) >= 11 is 0. The van der Waals surface area contributed by atoms with Gasteiger partial charge in [0.2, 0.25) is 0 Å². The molecule has 1 aliphatic carbocycles. The number of guanidine groups is 4. The monoisotopic (exact) mass is 561 g/mol. The molecule has 216 valence electrons. The number of aliphatic imine (C=N–C) groups is 4. The highest BCUT2D eigenvalue weighted by atomic mass is 16.5. The summed E-state index contributed by atoms with van der Waals surface area (Å²) in [6.07, 6.45) is -0.466. The summed E-state index contributed by atoms with van der Waals surface area (Å²) in [5.74, 6) is 0.619. The number of anilines is 1. The average molecular weight is 562 g/mol. The molecule has 3 aromatic rings. The van der Waals surface area contributed by atoms with Gasteiger partial charge in [0.05, 0.1) is 29.1 Å². The highest BCUT2D eigenvalue weighted by Gasteiger charge is 2.41. The molecule has 15 nitrogen and oxygen atoms in total. The minimum Gasteiger partial charge on any atom is -0.487 e. The summed E-state index contributed by atoms with van der Waals surface area (Å²) in [5.41, 5.74) is 52.9. The first-order valence-electron chi connectivity index (χ1n) is 12.6. The van der Waals surface area contributed by atoms with Gasteiger partial charge in [-0.25, -0.2) is 20.0 Å². The van der Waals surface area contributed by atoms with Gasteiger partial charge in [-0.1, -0.05) is 24.3 Å². The molecule has 0 heterocycles. The maximum Gasteiger partial charge on any atom is 0.191 e. The molecular formula is C26H35N13O2. The standard InChI is InChI=1S/C26H35N13O2/c27-15-9-12(36-23(28)29)5-7-20(15)41-22-11-21(17(38-25(32)33)10-18(22)39-26(34)35)40-19-8-6-16(37-24(30)31)13-3-1-2-4-14(13)19/h1-9,17-18,21-22H,10-11,27H2,(H4,28,29,36)(H4,30,31,37)(H4,32,33,38)(H4,34,35,39)/t17-,18+,21-,22+/m1/s1. The molecule has 0 aromatic heterocycles. The Morgan fingerprint density at radius 3 is 1.73 bits per heavy atom. The summed E-state index contributed by atoms with van der Waals surface area (Å²) in [5, 5.41) is 1.59. The van der Waals surface area contributed by atoms with Crippen LogP contribution in [0.5, 0.6) is 11.5 Å². The van der Waals surface area contributed by atoms with Gasteiger partial charge in [0.1, 0.15) is 23.7 Å². The fourth-order valence-corrected chi connectivity index (χ4v) is 4.78. The van der Waals surface area contributed by atoms with Crippen molar-refractivity contribution in [2.45, 2.75) is 37.1 Å². The molecule has 0 aliphatic heterocycles. The van der Waals surface area contributed by atoms with Gasteiger partial charge in [-0.05, 0) is 36.8 Å². The van der Waals surface area contributed by atoms with Crippen LogP contribution >= 0.6 is 0 Å². The van der Waals surface area contributed by atoms with Crippen LogP contribution in [0.4, 0.5) is 17.1 Å². The minimum absolute atomic E-state index is 0.0553. The van der Waals surface area contributed by atoms with E-state index in [2.05, 4.69) is 20.0 Å². The molecule has 4 atom stereocenters. The molecule has 0 spiro atoms. The first-order chi connectivity index (χ1) is 19.5. The molecule has 1 fully saturated rings. The summed E-state index contributed by atoms with van der Waals surface area (Å²) in [6, 6.07) is 15.1. The molecule has 0 unspecified atom stereocenters. The number of fused-ring (bicyclic) bond motifs is 1. The molecule has 0 radical (unpaired) electrons. The van der Waals surface area contributed by atoms with Gasteiger partial charge < -0.3 is 61.1 Å². The number of benzene rings is 3. The number of hydrogen-bond donors (Lipinski definition) is 9. The topological polar surface area (TPSA) is 302 Å². The van der Waals surface area contributed by atoms with Crippen molar-refractivity contribution in [1.82, 2.24) is 0 Å². The zero-order valence-corrected chi connectivity index (χ0v) is 22.2. The number of rotatable bonds is 8. The smallest absolute Gasteiger partial charge is 0.191 e. The van der Waals surface area contributed by atoms with Gasteiger partial charge in [-0.2, -0.15) is 0 Å². The third-order valence-electron chi connectivity index (χ3n) is 6.35. The van der Waals surface area contributed by atoms with E-state index in [1.807, 2.05) is 24.3 Å². The van der Waals surface area contributed by atoms with Gasteiger partial charge >= 0.3 is 0 Å². The molecule has 0 amide bonds. The molecule has 18 N–H and O–H groups in total. The molecule has 1 saturated carbocycles. The van der Waals surface area contributed by atoms with E-state index < -0.39 is 24.3 Å². The molecule has 0 bridgehead atoms. The average Bonchev–Trinajstić information content (AvgIpc) is 2.88. The van der Waals surface area contributed by atoms with E-state index in [-0.39, 0.29) is 23.8 Å². The van der Waals surface area contributed by atoms with Crippen LogP contribution in [-0.4, -0.2) is 48.1 Å². The summed E-state index contributed by atoms with van der Waals surface area (Å²) in [7, 11) is 0. The lowest BCUT2D eigenvalue weighted by molar-refractivity contribution is 0.0428. The van der Waals surface area contributed by atoms with Crippen molar-refractivity contribution in [1.29, 1.82) is 0 Å². The van der Waals surface area contributed by atoms with E-state index in [1.54, 1.807) is 30.3 Å². The zero-order chi connectivity index (χ0) is 29.7. The van der Waals surface area contributed by atoms with Crippen molar-refractivity contribution in [3.05, 3.63) is 54.6 Å². The highest BCUT2D eigenvalue weighted by Crippen LogP contribution is 2.38. The van der Waals surface area contributed by atoms with Crippen LogP contribution in [0, 0.1) is 0 Å². The largest absolute Gasteiger partial charge is 0.487 e. The zero-order valence-electron chi connectivity index (χ0n) is 22.2. The number of nitrogen functional groups attached to an aromatic ring is 1. The van der Waals surface area contributed by atoms with E-state index >= 15 is 0 Å². The molecular weight excluding hydrogens is 526 g/mol. The van der Waals surface area contributed by atoms with Crippen LogP contribution in [0.1, 0.15) is 12.8 Å². The van der Waals surface area contributed by atoms with Gasteiger partial charge in [0.25, 0.3) is 0 Å². The first kappa shape index (κ1) is 28.4. The first-order valence-corrected chi connectivity index (χ1v) is 12.6. The normalized spacial score (nSPS) is 19.9. The summed E-state index contributed by atoms with van der Waals surface area (Å²) in [4.78, 5) is 17.1. The maximum absolute atomic E-state index is 6.56. The van der Waals surface area contributed by atoms with E-state index in [0.717, 1.165) is 10.8 Å². The van der Waals surface area contributed by atoms with Crippen molar-refractivity contribution in [2.75, 3.05) is 5.73 Å². The third kappa shape index (κ3) is 7.08. The van der Waals surface area contributed by atoms with E-state index in [0.29, 0.717) is 41.4 Å². The Morgan fingerprint density at radius 2 is 1.17 bits per heavy atom. The van der Waals surface area contributed by atoms with Crippen molar-refractivity contribution in [3.63, 3.8) is 0 Å². The SMILES string of the molecule is NC(N)=Nc1ccc(O[C@H]2C[C@@H](Oc3ccc(N=C(N)N)c4ccccc34)[C@H](N=C(N)N)C[C@@H]2N=C(N)N)c(N)c1. The van der Waals surface area contributed by atoms with Crippen LogP contribution in [0.2, 0.25) is 0 Å². The highest BCUT2D eigenvalue weighted by molar-refractivity contribution is 5.98. The third-order valence-corrected chi connectivity index (χ3v) is 6.35. The Labute approximate surface area is 236 Å². The lowest BCUT2D eigenvalue weighted by Crippen LogP contribution is -2.50. The van der Waals surface area contributed by atoms with Crippen LogP contribution in [0.3, 0.4) is 0 Å². The molecule has 15 heteroatoms. The number of ether oxygens (including phenoxy) is 2. The quantitative estimate of drug-likeness (QED) is 0.0959. The van der Waals surface area contributed by atoms with Gasteiger partial charge in [-0.15, -0.1) is 0 Å². The Hall–Kier alpha value is -5.60. The van der Waals surface area contributed by atoms with Crippen molar-refractivity contribution >= 4 is 51.7 Å². The van der Waals surface area contributed by atoms with Crippen molar-refractivity contribution in [2.24, 2.45) is 65.8 Å². The number of nitrogens with zero attached hydrogens (tertiary/aromatic N) is 4. The second-order valence-electron chi connectivity index (χ2n) is 9.45. The Balaban J connectivity index is 1.70. The second kappa shape index (κ2) is 12.1. The minimum atomic E-state index is -0.559. The molecule has 3 aromatic carbocycles. The predicted molar refractivity (Wildman–Crippen MR) is 163 cm³/mol. The van der Waals surface area contributed by atoms with Crippen LogP contribution in [0.25, 0.3) is 10.8 Å². The Bertz CT molecular complexity index is 1520. The fraction of sp³-hybridized carbons (Fsp3) is 0.231. The summed E-state index contributed by atoms with van der Waals surface area (Å²) < 4.78 is 12.9. The van der Waals surface area contributed by atoms with E-state index in [4.69, 9.17) is 61.1 Å². The van der Waals surface area contributed by atoms with E-state index in [9.17, 15) is 0 Å². The Morgan fingerprint density at radius 1 is 0.610 bits per heavy atom. The van der Waals surface area contributed by atoms with Crippen LogP contribution in [0.15, 0.2) is 74.6 Å². The lowest BCUT2D eigenvalue weighted by Gasteiger charge is -2.38. The fourth-order valence-electron chi connectivity index (χ4n) is 4.78. The van der Waals surface area contributed by atoms with Gasteiger partial charge in [0.15, 0.2) is 23.8 Å². The number of hydrogen-bond acceptors (Lipinski definition) is 7. The molecule has 0 saturated heterocycles. The van der Waals surface area contributed by atoms with Crippen molar-refractivity contribution < 1.29 is 9.47 Å². The maximum atomic E-state index is 6.56. The lowest BCUT2D eigenvalue weighted by atomic mass is 9.86.